The summed E-state index contributed by atoms with van der Waals surface area (Å²) < 4.78 is 0. The molecule has 2 N–H and O–H groups in total. The van der Waals surface area contributed by atoms with E-state index in [1.54, 1.807) is 36.7 Å². The Kier molecular flexibility index (Phi) is 6.17. The summed E-state index contributed by atoms with van der Waals surface area (Å²) in [5, 5.41) is 9.86. The first-order valence-corrected chi connectivity index (χ1v) is 9.79. The molecule has 0 aliphatic carbocycles. The van der Waals surface area contributed by atoms with Gasteiger partial charge in [-0.3, -0.25) is 10.9 Å². The lowest BCUT2D eigenvalue weighted by molar-refractivity contribution is 1.18. The maximum absolute atomic E-state index is 5.91. The van der Waals surface area contributed by atoms with E-state index in [0.29, 0.717) is 21.7 Å². The highest BCUT2D eigenvalue weighted by atomic mass is 35.5. The van der Waals surface area contributed by atoms with Gasteiger partial charge < -0.3 is 0 Å². The van der Waals surface area contributed by atoms with Crippen LogP contribution in [-0.4, -0.2) is 22.4 Å². The topological polar surface area (TPSA) is 74.6 Å². The van der Waals surface area contributed by atoms with E-state index in [0.717, 1.165) is 22.2 Å². The van der Waals surface area contributed by atoms with Crippen molar-refractivity contribution in [2.24, 2.45) is 10.2 Å². The van der Waals surface area contributed by atoms with Crippen molar-refractivity contribution in [3.05, 3.63) is 94.0 Å². The lowest BCUT2D eigenvalue weighted by Crippen LogP contribution is -2.03. The van der Waals surface area contributed by atoms with Gasteiger partial charge >= 0.3 is 0 Å². The number of hydrogen-bond donors (Lipinski definition) is 2. The van der Waals surface area contributed by atoms with Crippen molar-refractivity contribution >= 4 is 58.3 Å². The van der Waals surface area contributed by atoms with Crippen LogP contribution in [0.25, 0.3) is 11.0 Å². The zero-order valence-electron chi connectivity index (χ0n) is 15.6. The number of hydrogen-bond acceptors (Lipinski definition) is 6. The standard InChI is InChI=1S/C22H16Cl2N6/c23-17-9-5-15(6-10-17)13-25-29-21-22(28-20-4-2-1-3-19(20)27-21)30-26-14-16-7-11-18(24)12-8-16/h1-14H,(H,27,29)(H,28,30)/b25-13+,26-14+. The zero-order chi connectivity index (χ0) is 20.8. The molecule has 1 aromatic heterocycles. The van der Waals surface area contributed by atoms with Gasteiger partial charge in [-0.05, 0) is 47.5 Å². The fourth-order valence-electron chi connectivity index (χ4n) is 2.59. The molecule has 0 aliphatic rings. The zero-order valence-corrected chi connectivity index (χ0v) is 17.1. The first kappa shape index (κ1) is 19.8. The average Bonchev–Trinajstić information content (AvgIpc) is 2.76. The molecule has 4 rings (SSSR count). The fraction of sp³-hybridized carbons (Fsp3) is 0. The lowest BCUT2D eigenvalue weighted by Gasteiger charge is -2.08. The number of aromatic nitrogens is 2. The molecule has 0 saturated heterocycles. The third kappa shape index (κ3) is 5.11. The van der Waals surface area contributed by atoms with E-state index in [1.807, 2.05) is 48.5 Å². The molecule has 30 heavy (non-hydrogen) atoms. The van der Waals surface area contributed by atoms with Crippen LogP contribution in [0.4, 0.5) is 11.6 Å². The number of nitrogens with one attached hydrogen (secondary N) is 2. The number of rotatable bonds is 6. The third-order valence-electron chi connectivity index (χ3n) is 4.08. The molecule has 0 fully saturated rings. The monoisotopic (exact) mass is 434 g/mol. The van der Waals surface area contributed by atoms with Crippen molar-refractivity contribution in [3.63, 3.8) is 0 Å². The molecule has 0 aliphatic heterocycles. The Balaban J connectivity index is 1.56. The van der Waals surface area contributed by atoms with E-state index in [9.17, 15) is 0 Å². The highest BCUT2D eigenvalue weighted by Gasteiger charge is 2.07. The summed E-state index contributed by atoms with van der Waals surface area (Å²) in [5.41, 5.74) is 9.15. The molecule has 0 bridgehead atoms. The first-order valence-electron chi connectivity index (χ1n) is 9.03. The molecular weight excluding hydrogens is 419 g/mol. The SMILES string of the molecule is Clc1ccc(/C=N/Nc2nc3ccccc3nc2N/N=C/c2ccc(Cl)cc2)cc1. The summed E-state index contributed by atoms with van der Waals surface area (Å²) >= 11 is 11.8. The Labute approximate surface area is 183 Å². The van der Waals surface area contributed by atoms with Gasteiger partial charge in [0.15, 0.2) is 11.6 Å². The van der Waals surface area contributed by atoms with Gasteiger partial charge in [0, 0.05) is 10.0 Å². The third-order valence-corrected chi connectivity index (χ3v) is 4.58. The van der Waals surface area contributed by atoms with E-state index in [4.69, 9.17) is 23.2 Å². The molecule has 148 valence electrons. The molecule has 3 aromatic carbocycles. The summed E-state index contributed by atoms with van der Waals surface area (Å²) in [6.07, 6.45) is 3.35. The molecular formula is C22H16Cl2N6. The number of nitrogens with zero attached hydrogens (tertiary/aromatic N) is 4. The van der Waals surface area contributed by atoms with Crippen molar-refractivity contribution in [3.8, 4) is 0 Å². The van der Waals surface area contributed by atoms with Crippen LogP contribution in [0.1, 0.15) is 11.1 Å². The van der Waals surface area contributed by atoms with Crippen LogP contribution >= 0.6 is 23.2 Å². The maximum atomic E-state index is 5.91. The quantitative estimate of drug-likeness (QED) is 0.295. The molecule has 0 radical (unpaired) electrons. The van der Waals surface area contributed by atoms with E-state index in [2.05, 4.69) is 31.0 Å². The molecule has 0 atom stereocenters. The largest absolute Gasteiger partial charge is 0.258 e. The molecule has 0 spiro atoms. The van der Waals surface area contributed by atoms with Crippen molar-refractivity contribution in [2.45, 2.75) is 0 Å². The van der Waals surface area contributed by atoms with Crippen LogP contribution in [-0.2, 0) is 0 Å². The maximum Gasteiger partial charge on any atom is 0.192 e. The van der Waals surface area contributed by atoms with E-state index >= 15 is 0 Å². The second-order valence-electron chi connectivity index (χ2n) is 6.25. The van der Waals surface area contributed by atoms with Crippen LogP contribution in [0.2, 0.25) is 10.0 Å². The molecule has 1 heterocycles. The van der Waals surface area contributed by atoms with Gasteiger partial charge in [-0.25, -0.2) is 9.97 Å². The van der Waals surface area contributed by atoms with Crippen molar-refractivity contribution in [2.75, 3.05) is 10.9 Å². The molecule has 8 heteroatoms. The van der Waals surface area contributed by atoms with Crippen molar-refractivity contribution in [1.82, 2.24) is 9.97 Å². The predicted molar refractivity (Wildman–Crippen MR) is 125 cm³/mol. The van der Waals surface area contributed by atoms with Crippen LogP contribution in [0.3, 0.4) is 0 Å². The Morgan fingerprint density at radius 1 is 0.600 bits per heavy atom. The number of para-hydroxylation sites is 2. The number of hydrazone groups is 2. The molecule has 0 unspecified atom stereocenters. The number of anilines is 2. The summed E-state index contributed by atoms with van der Waals surface area (Å²) in [6.45, 7) is 0. The molecule has 6 nitrogen and oxygen atoms in total. The minimum atomic E-state index is 0.451. The van der Waals surface area contributed by atoms with Gasteiger partial charge in [-0.2, -0.15) is 10.2 Å². The van der Waals surface area contributed by atoms with Gasteiger partial charge in [0.05, 0.1) is 23.5 Å². The summed E-state index contributed by atoms with van der Waals surface area (Å²) in [6, 6.07) is 22.3. The Morgan fingerprint density at radius 3 is 1.40 bits per heavy atom. The molecule has 4 aromatic rings. The van der Waals surface area contributed by atoms with E-state index < -0.39 is 0 Å². The van der Waals surface area contributed by atoms with Crippen LogP contribution in [0.5, 0.6) is 0 Å². The molecule has 0 saturated carbocycles. The normalized spacial score (nSPS) is 11.4. The Bertz CT molecular complexity index is 1110. The summed E-state index contributed by atoms with van der Waals surface area (Å²) in [7, 11) is 0. The van der Waals surface area contributed by atoms with Gasteiger partial charge in [0.2, 0.25) is 0 Å². The number of halogens is 2. The van der Waals surface area contributed by atoms with Crippen molar-refractivity contribution in [1.29, 1.82) is 0 Å². The van der Waals surface area contributed by atoms with E-state index in [-0.39, 0.29) is 0 Å². The number of benzene rings is 3. The van der Waals surface area contributed by atoms with Crippen LogP contribution < -0.4 is 10.9 Å². The molecule has 0 amide bonds. The second kappa shape index (κ2) is 9.35. The predicted octanol–water partition coefficient (Wildman–Crippen LogP) is 5.83. The van der Waals surface area contributed by atoms with Crippen LogP contribution in [0.15, 0.2) is 83.0 Å². The van der Waals surface area contributed by atoms with Gasteiger partial charge in [0.1, 0.15) is 0 Å². The lowest BCUT2D eigenvalue weighted by atomic mass is 10.2. The minimum Gasteiger partial charge on any atom is -0.258 e. The van der Waals surface area contributed by atoms with Crippen molar-refractivity contribution < 1.29 is 0 Å². The highest BCUT2D eigenvalue weighted by molar-refractivity contribution is 6.30. The minimum absolute atomic E-state index is 0.451. The summed E-state index contributed by atoms with van der Waals surface area (Å²) in [5.74, 6) is 0.902. The highest BCUT2D eigenvalue weighted by Crippen LogP contribution is 2.21. The van der Waals surface area contributed by atoms with Gasteiger partial charge in [-0.1, -0.05) is 59.6 Å². The van der Waals surface area contributed by atoms with E-state index in [1.165, 1.54) is 0 Å². The Morgan fingerprint density at radius 2 is 1.00 bits per heavy atom. The first-order chi connectivity index (χ1) is 14.7. The average molecular weight is 435 g/mol. The fourth-order valence-corrected chi connectivity index (χ4v) is 2.84. The Hall–Kier alpha value is -3.48. The van der Waals surface area contributed by atoms with Gasteiger partial charge in [0.25, 0.3) is 0 Å². The summed E-state index contributed by atoms with van der Waals surface area (Å²) in [4.78, 5) is 9.19. The second-order valence-corrected chi connectivity index (χ2v) is 7.13. The number of fused-ring (bicyclic) bond motifs is 1. The van der Waals surface area contributed by atoms with Gasteiger partial charge in [-0.15, -0.1) is 0 Å². The van der Waals surface area contributed by atoms with Crippen LogP contribution in [0, 0.1) is 0 Å². The smallest absolute Gasteiger partial charge is 0.192 e.